The third-order valence-electron chi connectivity index (χ3n) is 5.99. The van der Waals surface area contributed by atoms with Crippen LogP contribution >= 0.6 is 11.6 Å². The molecule has 5 rings (SSSR count). The maximum absolute atomic E-state index is 6.29. The van der Waals surface area contributed by atoms with Gasteiger partial charge in [0.1, 0.15) is 0 Å². The van der Waals surface area contributed by atoms with Gasteiger partial charge in [-0.1, -0.05) is 29.8 Å². The lowest BCUT2D eigenvalue weighted by molar-refractivity contribution is 0.122. The van der Waals surface area contributed by atoms with Gasteiger partial charge in [0.2, 0.25) is 17.8 Å². The van der Waals surface area contributed by atoms with Gasteiger partial charge in [0.25, 0.3) is 0 Å². The molecule has 36 heavy (non-hydrogen) atoms. The highest BCUT2D eigenvalue weighted by atomic mass is 35.5. The van der Waals surface area contributed by atoms with Crippen LogP contribution in [0.1, 0.15) is 11.1 Å². The van der Waals surface area contributed by atoms with Gasteiger partial charge in [0.15, 0.2) is 0 Å². The summed E-state index contributed by atoms with van der Waals surface area (Å²) in [5.41, 5.74) is 6.90. The van der Waals surface area contributed by atoms with E-state index in [0.29, 0.717) is 49.2 Å². The van der Waals surface area contributed by atoms with Crippen LogP contribution in [0.25, 0.3) is 0 Å². The van der Waals surface area contributed by atoms with Crippen molar-refractivity contribution in [1.29, 1.82) is 0 Å². The molecule has 2 aromatic carbocycles. The van der Waals surface area contributed by atoms with Crippen molar-refractivity contribution >= 4 is 47.0 Å². The van der Waals surface area contributed by atoms with Gasteiger partial charge in [-0.3, -0.25) is 0 Å². The summed E-state index contributed by atoms with van der Waals surface area (Å²) in [6.45, 7) is 7.97. The zero-order chi connectivity index (χ0) is 24.7. The summed E-state index contributed by atoms with van der Waals surface area (Å²) in [7, 11) is 0. The number of hydrogen-bond acceptors (Lipinski definition) is 10. The Morgan fingerprint density at radius 1 is 0.861 bits per heavy atom. The Morgan fingerprint density at radius 3 is 2.22 bits per heavy atom. The van der Waals surface area contributed by atoms with E-state index in [1.807, 2.05) is 37.3 Å². The number of aryl methyl sites for hydroxylation is 1. The van der Waals surface area contributed by atoms with Crippen molar-refractivity contribution in [3.8, 4) is 0 Å². The topological polar surface area (TPSA) is 100 Å². The van der Waals surface area contributed by atoms with Crippen molar-refractivity contribution in [2.75, 3.05) is 73.1 Å². The Bertz CT molecular complexity index is 1200. The van der Waals surface area contributed by atoms with Crippen molar-refractivity contribution < 1.29 is 9.47 Å². The second-order valence-corrected chi connectivity index (χ2v) is 8.94. The number of aromatic nitrogens is 3. The van der Waals surface area contributed by atoms with E-state index >= 15 is 0 Å². The maximum atomic E-state index is 6.29. The molecule has 2 fully saturated rings. The van der Waals surface area contributed by atoms with E-state index in [9.17, 15) is 0 Å². The lowest BCUT2D eigenvalue weighted by Crippen LogP contribution is -2.37. The minimum Gasteiger partial charge on any atom is -0.378 e. The monoisotopic (exact) mass is 508 g/mol. The zero-order valence-electron chi connectivity index (χ0n) is 20.2. The van der Waals surface area contributed by atoms with Gasteiger partial charge in [-0.15, -0.1) is 0 Å². The third-order valence-corrected chi connectivity index (χ3v) is 6.40. The van der Waals surface area contributed by atoms with Crippen molar-refractivity contribution in [1.82, 2.24) is 15.0 Å². The van der Waals surface area contributed by atoms with E-state index in [-0.39, 0.29) is 0 Å². The molecule has 3 heterocycles. The molecule has 188 valence electrons. The fourth-order valence-electron chi connectivity index (χ4n) is 3.93. The third kappa shape index (κ3) is 6.20. The van der Waals surface area contributed by atoms with Crippen LogP contribution in [0.2, 0.25) is 5.02 Å². The van der Waals surface area contributed by atoms with E-state index in [0.717, 1.165) is 43.1 Å². The summed E-state index contributed by atoms with van der Waals surface area (Å²) >= 11 is 6.29. The Morgan fingerprint density at radius 2 is 1.53 bits per heavy atom. The van der Waals surface area contributed by atoms with Crippen LogP contribution in [0.3, 0.4) is 0 Å². The number of rotatable bonds is 7. The molecular formula is C25H29ClN8O2. The summed E-state index contributed by atoms with van der Waals surface area (Å²) < 4.78 is 10.9. The first-order valence-corrected chi connectivity index (χ1v) is 12.4. The molecule has 10 nitrogen and oxygen atoms in total. The normalized spacial score (nSPS) is 16.4. The number of benzene rings is 2. The molecule has 1 aromatic heterocycles. The van der Waals surface area contributed by atoms with E-state index in [1.165, 1.54) is 5.69 Å². The number of hydrazone groups is 1. The van der Waals surface area contributed by atoms with E-state index in [2.05, 4.69) is 52.7 Å². The molecule has 2 aliphatic rings. The number of morpholine rings is 2. The van der Waals surface area contributed by atoms with Crippen LogP contribution in [-0.2, 0) is 9.47 Å². The van der Waals surface area contributed by atoms with Crippen molar-refractivity contribution in [2.45, 2.75) is 6.92 Å². The van der Waals surface area contributed by atoms with Crippen LogP contribution in [0.4, 0.5) is 29.2 Å². The first-order chi connectivity index (χ1) is 17.6. The molecule has 0 bridgehead atoms. The summed E-state index contributed by atoms with van der Waals surface area (Å²) in [5, 5.41) is 8.26. The Balaban J connectivity index is 1.31. The summed E-state index contributed by atoms with van der Waals surface area (Å²) in [6, 6.07) is 14.0. The molecule has 0 radical (unpaired) electrons. The average molecular weight is 509 g/mol. The second kappa shape index (κ2) is 11.5. The average Bonchev–Trinajstić information content (AvgIpc) is 2.92. The number of ether oxygens (including phenoxy) is 2. The van der Waals surface area contributed by atoms with Gasteiger partial charge in [0.05, 0.1) is 32.6 Å². The van der Waals surface area contributed by atoms with Gasteiger partial charge in [-0.25, -0.2) is 5.43 Å². The molecule has 2 aliphatic heterocycles. The minimum atomic E-state index is 0.341. The fourth-order valence-corrected chi connectivity index (χ4v) is 4.11. The molecule has 2 N–H and O–H groups in total. The first kappa shape index (κ1) is 24.2. The molecule has 0 atom stereocenters. The van der Waals surface area contributed by atoms with Gasteiger partial charge in [0, 0.05) is 42.6 Å². The van der Waals surface area contributed by atoms with Crippen LogP contribution < -0.4 is 20.5 Å². The van der Waals surface area contributed by atoms with Gasteiger partial charge < -0.3 is 24.6 Å². The van der Waals surface area contributed by atoms with Crippen molar-refractivity contribution in [2.24, 2.45) is 5.10 Å². The van der Waals surface area contributed by atoms with Gasteiger partial charge in [-0.2, -0.15) is 20.1 Å². The van der Waals surface area contributed by atoms with Crippen LogP contribution in [-0.4, -0.2) is 73.8 Å². The van der Waals surface area contributed by atoms with Crippen LogP contribution in [0.5, 0.6) is 0 Å². The smallest absolute Gasteiger partial charge is 0.250 e. The lowest BCUT2D eigenvalue weighted by Gasteiger charge is -2.28. The van der Waals surface area contributed by atoms with Crippen molar-refractivity contribution in [3.63, 3.8) is 0 Å². The summed E-state index contributed by atoms with van der Waals surface area (Å²) in [4.78, 5) is 18.1. The molecule has 0 unspecified atom stereocenters. The van der Waals surface area contributed by atoms with Gasteiger partial charge >= 0.3 is 0 Å². The molecular weight excluding hydrogens is 480 g/mol. The minimum absolute atomic E-state index is 0.341. The highest BCUT2D eigenvalue weighted by molar-refractivity contribution is 6.31. The highest BCUT2D eigenvalue weighted by Gasteiger charge is 2.17. The highest BCUT2D eigenvalue weighted by Crippen LogP contribution is 2.23. The number of halogens is 1. The van der Waals surface area contributed by atoms with E-state index < -0.39 is 0 Å². The number of nitrogens with zero attached hydrogens (tertiary/aromatic N) is 6. The second-order valence-electron chi connectivity index (χ2n) is 8.53. The lowest BCUT2D eigenvalue weighted by atomic mass is 10.2. The SMILES string of the molecule is Cc1ccc(Nc2nc(NN=Cc3ccc(N4CCOCC4)cc3)nc(N3CCOCC3)n2)cc1Cl. The van der Waals surface area contributed by atoms with Crippen LogP contribution in [0, 0.1) is 6.92 Å². The standard InChI is InChI=1S/C25H29ClN8O2/c1-18-2-5-20(16-22(18)26)28-23-29-24(31-25(30-23)34-10-14-36-15-11-34)32-27-17-19-3-6-21(7-4-19)33-8-12-35-13-9-33/h2-7,16-17H,8-15H2,1H3,(H2,28,29,30,31,32). The first-order valence-electron chi connectivity index (χ1n) is 12.0. The van der Waals surface area contributed by atoms with Crippen LogP contribution in [0.15, 0.2) is 47.6 Å². The number of nitrogens with one attached hydrogen (secondary N) is 2. The van der Waals surface area contributed by atoms with Gasteiger partial charge in [-0.05, 0) is 42.3 Å². The largest absolute Gasteiger partial charge is 0.378 e. The predicted octanol–water partition coefficient (Wildman–Crippen LogP) is 3.70. The Hall–Kier alpha value is -3.47. The Labute approximate surface area is 215 Å². The molecule has 0 aliphatic carbocycles. The van der Waals surface area contributed by atoms with Crippen molar-refractivity contribution in [3.05, 3.63) is 58.6 Å². The number of hydrogen-bond donors (Lipinski definition) is 2. The maximum Gasteiger partial charge on any atom is 0.250 e. The predicted molar refractivity (Wildman–Crippen MR) is 143 cm³/mol. The summed E-state index contributed by atoms with van der Waals surface area (Å²) in [5.74, 6) is 1.30. The van der Waals surface area contributed by atoms with E-state index in [4.69, 9.17) is 21.1 Å². The summed E-state index contributed by atoms with van der Waals surface area (Å²) in [6.07, 6.45) is 1.74. The van der Waals surface area contributed by atoms with E-state index in [1.54, 1.807) is 6.21 Å². The molecule has 2 saturated heterocycles. The Kier molecular flexibility index (Phi) is 7.75. The molecule has 0 saturated carbocycles. The number of anilines is 5. The molecule has 0 spiro atoms. The molecule has 0 amide bonds. The molecule has 3 aromatic rings. The fraction of sp³-hybridized carbons (Fsp3) is 0.360. The molecule has 11 heteroatoms. The zero-order valence-corrected chi connectivity index (χ0v) is 20.9. The quantitative estimate of drug-likeness (QED) is 0.365.